The minimum Gasteiger partial charge on any atom is -0.489 e. The summed E-state index contributed by atoms with van der Waals surface area (Å²) in [7, 11) is -2.15. The van der Waals surface area contributed by atoms with Crippen molar-refractivity contribution in [3.63, 3.8) is 0 Å². The lowest BCUT2D eigenvalue weighted by atomic mass is 9.80. The highest BCUT2D eigenvalue weighted by Crippen LogP contribution is 2.45. The maximum atomic E-state index is 16.1. The van der Waals surface area contributed by atoms with Gasteiger partial charge in [0.2, 0.25) is 10.0 Å². The van der Waals surface area contributed by atoms with E-state index in [0.29, 0.717) is 31.5 Å². The number of aliphatic hydroxyl groups is 1. The summed E-state index contributed by atoms with van der Waals surface area (Å²) in [5.41, 5.74) is 5.51. The van der Waals surface area contributed by atoms with Crippen molar-refractivity contribution in [1.82, 2.24) is 14.6 Å². The van der Waals surface area contributed by atoms with Crippen LogP contribution in [-0.4, -0.2) is 129 Å². The number of sulfonamides is 1. The van der Waals surface area contributed by atoms with Crippen LogP contribution in [-0.2, 0) is 30.3 Å². The zero-order chi connectivity index (χ0) is 38.6. The van der Waals surface area contributed by atoms with E-state index in [4.69, 9.17) is 26.8 Å². The van der Waals surface area contributed by atoms with Crippen LogP contribution in [0.1, 0.15) is 44.1 Å². The van der Waals surface area contributed by atoms with Crippen LogP contribution in [0.4, 0.5) is 25.1 Å². The molecule has 2 aromatic rings. The van der Waals surface area contributed by atoms with Gasteiger partial charge in [0.05, 0.1) is 30.8 Å². The first-order valence-electron chi connectivity index (χ1n) is 18.2. The number of carbonyl (C=O) groups excluding carboxylic acids is 3. The Balaban J connectivity index is 0.964. The van der Waals surface area contributed by atoms with Gasteiger partial charge in [0.15, 0.2) is 18.7 Å². The third-order valence-corrected chi connectivity index (χ3v) is 13.7. The third kappa shape index (κ3) is 7.18. The second-order valence-corrected chi connectivity index (χ2v) is 17.4. The molecule has 294 valence electrons. The van der Waals surface area contributed by atoms with Crippen LogP contribution in [0.25, 0.3) is 0 Å². The molecule has 4 atom stereocenters. The predicted octanol–water partition coefficient (Wildman–Crippen LogP) is 2.19. The molecule has 0 radical (unpaired) electrons. The molecular weight excluding hydrogens is 752 g/mol. The SMILES string of the molecule is C[N@@+]1(CC(N)=O)CCC[C@H]1C(=O)NC1CCC(C(F)(F)c2cc(Cl)nc(N3CCN(S(=O)(=O)c4ccc5c(c4)OC[C@@H]4[C@H](CO)OC(=O)N54)CC3)c2)CC1. The molecular formula is C35H45ClF2N7O8S+. The number of benzene rings is 1. The fourth-order valence-electron chi connectivity index (χ4n) is 8.68. The van der Waals surface area contributed by atoms with Crippen LogP contribution in [0, 0.1) is 5.92 Å². The largest absolute Gasteiger partial charge is 0.489 e. The minimum atomic E-state index is -3.99. The summed E-state index contributed by atoms with van der Waals surface area (Å²) in [4.78, 5) is 44.6. The van der Waals surface area contributed by atoms with Gasteiger partial charge in [-0.15, -0.1) is 0 Å². The van der Waals surface area contributed by atoms with Crippen molar-refractivity contribution < 1.29 is 50.6 Å². The van der Waals surface area contributed by atoms with Crippen molar-refractivity contribution in [1.29, 1.82) is 0 Å². The number of aliphatic hydroxyl groups excluding tert-OH is 1. The molecule has 15 nitrogen and oxygen atoms in total. The van der Waals surface area contributed by atoms with E-state index in [2.05, 4.69) is 10.3 Å². The molecule has 5 aliphatic rings. The number of carbonyl (C=O) groups is 3. The van der Waals surface area contributed by atoms with Crippen molar-refractivity contribution in [2.45, 2.75) is 73.6 Å². The van der Waals surface area contributed by atoms with Gasteiger partial charge in [-0.3, -0.25) is 14.5 Å². The average molecular weight is 797 g/mol. The van der Waals surface area contributed by atoms with Gasteiger partial charge in [-0.25, -0.2) is 27.0 Å². The lowest BCUT2D eigenvalue weighted by Gasteiger charge is -2.37. The molecule has 1 aromatic carbocycles. The van der Waals surface area contributed by atoms with Gasteiger partial charge in [0.25, 0.3) is 17.7 Å². The van der Waals surface area contributed by atoms with E-state index in [9.17, 15) is 27.9 Å². The molecule has 4 aliphatic heterocycles. The third-order valence-electron chi connectivity index (χ3n) is 11.7. The number of piperazine rings is 1. The topological polar surface area (TPSA) is 185 Å². The molecule has 3 amide bonds. The smallest absolute Gasteiger partial charge is 0.415 e. The van der Waals surface area contributed by atoms with E-state index in [-0.39, 0.29) is 102 Å². The molecule has 0 unspecified atom stereocenters. The highest BCUT2D eigenvalue weighted by atomic mass is 35.5. The van der Waals surface area contributed by atoms with Crippen LogP contribution in [0.2, 0.25) is 5.15 Å². The first kappa shape index (κ1) is 38.4. The number of hydrogen-bond donors (Lipinski definition) is 3. The lowest BCUT2D eigenvalue weighted by Crippen LogP contribution is -2.59. The number of ether oxygens (including phenoxy) is 2. The molecule has 1 saturated carbocycles. The Morgan fingerprint density at radius 1 is 1.11 bits per heavy atom. The number of cyclic esters (lactones) is 1. The molecule has 19 heteroatoms. The number of fused-ring (bicyclic) bond motifs is 3. The summed E-state index contributed by atoms with van der Waals surface area (Å²) in [5.74, 6) is -4.44. The van der Waals surface area contributed by atoms with E-state index >= 15 is 8.78 Å². The fourth-order valence-corrected chi connectivity index (χ4v) is 10.3. The van der Waals surface area contributed by atoms with Crippen molar-refractivity contribution in [3.8, 4) is 5.75 Å². The van der Waals surface area contributed by atoms with E-state index in [0.717, 1.165) is 6.42 Å². The monoisotopic (exact) mass is 796 g/mol. The highest BCUT2D eigenvalue weighted by Gasteiger charge is 2.48. The number of likely N-dealkylation sites (tertiary alicyclic amines) is 1. The van der Waals surface area contributed by atoms with Crippen molar-refractivity contribution in [2.75, 3.05) is 69.3 Å². The highest BCUT2D eigenvalue weighted by molar-refractivity contribution is 7.89. The van der Waals surface area contributed by atoms with Crippen LogP contribution in [0.5, 0.6) is 5.75 Å². The van der Waals surface area contributed by atoms with Gasteiger partial charge in [-0.1, -0.05) is 11.6 Å². The molecule has 7 rings (SSSR count). The molecule has 4 fully saturated rings. The number of amides is 3. The number of pyridine rings is 1. The number of anilines is 2. The van der Waals surface area contributed by atoms with Gasteiger partial charge in [-0.05, 0) is 49.9 Å². The standard InChI is InChI=1S/C35H44ClF2N7O8S/c1-45(18-31(39)47)14-2-3-27(45)33(48)40-23-6-4-21(5-7-23)35(37,38)22-15-30(36)41-32(16-22)42-10-12-43(13-11-42)54(50,51)24-8-9-25-28(17-24)52-20-26-29(19-46)53-34(49)44(25)26/h8-9,15-17,21,23,26-27,29,46H,2-7,10-14,18-20H2,1H3,(H2-,39,40,47,48)/p+1/t21?,23?,26-,27+,29+,45+/m1/s1. The van der Waals surface area contributed by atoms with E-state index in [1.165, 1.54) is 39.5 Å². The molecule has 4 N–H and O–H groups in total. The maximum absolute atomic E-state index is 16.1. The number of nitrogens with zero attached hydrogens (tertiary/aromatic N) is 5. The van der Waals surface area contributed by atoms with Crippen molar-refractivity contribution in [3.05, 3.63) is 41.0 Å². The second-order valence-electron chi connectivity index (χ2n) is 15.1. The Labute approximate surface area is 316 Å². The van der Waals surface area contributed by atoms with E-state index < -0.39 is 52.1 Å². The summed E-state index contributed by atoms with van der Waals surface area (Å²) in [6, 6.07) is 5.53. The molecule has 3 saturated heterocycles. The minimum absolute atomic E-state index is 0.0273. The van der Waals surface area contributed by atoms with Gasteiger partial charge in [0.1, 0.15) is 29.4 Å². The Bertz CT molecular complexity index is 1910. The van der Waals surface area contributed by atoms with Crippen LogP contribution < -0.4 is 25.6 Å². The first-order valence-corrected chi connectivity index (χ1v) is 20.0. The summed E-state index contributed by atoms with van der Waals surface area (Å²) < 4.78 is 72.1. The van der Waals surface area contributed by atoms with Gasteiger partial charge < -0.3 is 35.0 Å². The molecule has 1 aromatic heterocycles. The number of halogens is 3. The van der Waals surface area contributed by atoms with Crippen molar-refractivity contribution in [2.24, 2.45) is 11.7 Å². The number of aromatic nitrogens is 1. The summed E-state index contributed by atoms with van der Waals surface area (Å²) >= 11 is 6.30. The average Bonchev–Trinajstić information content (AvgIpc) is 3.69. The Hall–Kier alpha value is -3.84. The zero-order valence-corrected chi connectivity index (χ0v) is 31.4. The van der Waals surface area contributed by atoms with Crippen LogP contribution >= 0.6 is 11.6 Å². The number of rotatable bonds is 10. The van der Waals surface area contributed by atoms with Crippen molar-refractivity contribution >= 4 is 51.0 Å². The number of nitrogens with one attached hydrogen (secondary N) is 1. The van der Waals surface area contributed by atoms with Crippen LogP contribution in [0.15, 0.2) is 35.2 Å². The Morgan fingerprint density at radius 3 is 2.52 bits per heavy atom. The van der Waals surface area contributed by atoms with E-state index in [1.807, 2.05) is 7.05 Å². The Morgan fingerprint density at radius 2 is 1.83 bits per heavy atom. The Kier molecular flexibility index (Phi) is 10.4. The summed E-state index contributed by atoms with van der Waals surface area (Å²) in [5, 5.41) is 12.5. The molecule has 1 aliphatic carbocycles. The molecule has 0 spiro atoms. The molecule has 0 bridgehead atoms. The summed E-state index contributed by atoms with van der Waals surface area (Å²) in [6.45, 7) is 0.849. The predicted molar refractivity (Wildman–Crippen MR) is 192 cm³/mol. The van der Waals surface area contributed by atoms with Gasteiger partial charge >= 0.3 is 6.09 Å². The number of primary amides is 1. The quantitative estimate of drug-likeness (QED) is 0.238. The summed E-state index contributed by atoms with van der Waals surface area (Å²) in [6.07, 6.45) is 1.16. The van der Waals surface area contributed by atoms with Crippen LogP contribution in [0.3, 0.4) is 0 Å². The number of hydrogen-bond acceptors (Lipinski definition) is 10. The normalized spacial score (nSPS) is 28.9. The zero-order valence-electron chi connectivity index (χ0n) is 29.8. The number of nitrogens with two attached hydrogens (primary N) is 1. The van der Waals surface area contributed by atoms with Gasteiger partial charge in [0, 0.05) is 62.6 Å². The first-order chi connectivity index (χ1) is 25.6. The number of quaternary nitrogens is 1. The lowest BCUT2D eigenvalue weighted by molar-refractivity contribution is -0.904. The van der Waals surface area contributed by atoms with Gasteiger partial charge in [-0.2, -0.15) is 4.31 Å². The maximum Gasteiger partial charge on any atom is 0.415 e. The second kappa shape index (κ2) is 14.7. The molecule has 5 heterocycles. The molecule has 54 heavy (non-hydrogen) atoms. The fraction of sp³-hybridized carbons (Fsp3) is 0.600. The number of alkyl halides is 2. The number of likely N-dealkylation sites (N-methyl/N-ethyl adjacent to an activating group) is 1. The van der Waals surface area contributed by atoms with E-state index in [1.54, 1.807) is 4.90 Å².